The number of H-pyrrole nitrogens is 1. The summed E-state index contributed by atoms with van der Waals surface area (Å²) >= 11 is 0. The van der Waals surface area contributed by atoms with Gasteiger partial charge in [0.1, 0.15) is 11.3 Å². The molecule has 0 bridgehead atoms. The first kappa shape index (κ1) is 13.5. The average molecular weight is 305 g/mol. The molecule has 2 aromatic heterocycles. The number of fused-ring (bicyclic) bond motifs is 1. The van der Waals surface area contributed by atoms with Crippen LogP contribution in [0, 0.1) is 6.92 Å². The summed E-state index contributed by atoms with van der Waals surface area (Å²) in [7, 11) is 0. The molecule has 0 aliphatic carbocycles. The summed E-state index contributed by atoms with van der Waals surface area (Å²) in [4.78, 5) is 4.33. The number of aromatic amines is 1. The summed E-state index contributed by atoms with van der Waals surface area (Å²) in [5.41, 5.74) is 4.08. The van der Waals surface area contributed by atoms with E-state index >= 15 is 0 Å². The highest BCUT2D eigenvalue weighted by atomic mass is 16.3. The standard InChI is InChI=1S/C17H15N5O/c1-11-9-22(10-18-11)17(12-5-3-2-4-6-12)13-7-14-16(15(23)8-13)20-21-19-14/h2-10,17,23H,1H3,(H,19,20,21). The second-order valence-corrected chi connectivity index (χ2v) is 5.51. The molecule has 4 aromatic rings. The van der Waals surface area contributed by atoms with Gasteiger partial charge in [-0.25, -0.2) is 4.98 Å². The second kappa shape index (κ2) is 5.24. The maximum Gasteiger partial charge on any atom is 0.154 e. The van der Waals surface area contributed by atoms with Crippen LogP contribution in [-0.2, 0) is 0 Å². The number of phenols is 1. The molecule has 0 spiro atoms. The van der Waals surface area contributed by atoms with E-state index in [-0.39, 0.29) is 11.8 Å². The molecule has 2 N–H and O–H groups in total. The zero-order chi connectivity index (χ0) is 15.8. The Kier molecular flexibility index (Phi) is 3.08. The highest BCUT2D eigenvalue weighted by Gasteiger charge is 2.19. The maximum absolute atomic E-state index is 10.2. The molecule has 6 nitrogen and oxygen atoms in total. The summed E-state index contributed by atoms with van der Waals surface area (Å²) in [6, 6.07) is 13.7. The van der Waals surface area contributed by atoms with Crippen LogP contribution in [0.1, 0.15) is 22.9 Å². The van der Waals surface area contributed by atoms with E-state index in [1.54, 1.807) is 12.4 Å². The van der Waals surface area contributed by atoms with Crippen LogP contribution in [-0.4, -0.2) is 30.1 Å². The van der Waals surface area contributed by atoms with Crippen LogP contribution in [0.4, 0.5) is 0 Å². The number of hydrogen-bond acceptors (Lipinski definition) is 4. The van der Waals surface area contributed by atoms with E-state index in [1.807, 2.05) is 42.0 Å². The molecule has 1 atom stereocenters. The first-order valence-electron chi connectivity index (χ1n) is 7.31. The number of phenolic OH excluding ortho intramolecular Hbond substituents is 1. The molecule has 1 unspecified atom stereocenters. The van der Waals surface area contributed by atoms with Gasteiger partial charge < -0.3 is 9.67 Å². The van der Waals surface area contributed by atoms with Crippen LogP contribution >= 0.6 is 0 Å². The number of aryl methyl sites for hydroxylation is 1. The van der Waals surface area contributed by atoms with Crippen molar-refractivity contribution in [2.24, 2.45) is 0 Å². The van der Waals surface area contributed by atoms with Crippen molar-refractivity contribution in [1.29, 1.82) is 0 Å². The molecule has 2 heterocycles. The summed E-state index contributed by atoms with van der Waals surface area (Å²) in [5.74, 6) is 0.115. The molecule has 0 fully saturated rings. The van der Waals surface area contributed by atoms with Crippen molar-refractivity contribution in [2.75, 3.05) is 0 Å². The van der Waals surface area contributed by atoms with Gasteiger partial charge in [0.25, 0.3) is 0 Å². The van der Waals surface area contributed by atoms with Crippen LogP contribution in [0.5, 0.6) is 5.75 Å². The first-order valence-corrected chi connectivity index (χ1v) is 7.31. The number of imidazole rings is 1. The third-order valence-electron chi connectivity index (χ3n) is 3.88. The number of hydrogen-bond donors (Lipinski definition) is 2. The molecule has 0 saturated carbocycles. The van der Waals surface area contributed by atoms with Gasteiger partial charge in [-0.1, -0.05) is 30.3 Å². The Labute approximate surface area is 132 Å². The van der Waals surface area contributed by atoms with Crippen LogP contribution < -0.4 is 0 Å². The van der Waals surface area contributed by atoms with Crippen molar-refractivity contribution >= 4 is 11.0 Å². The van der Waals surface area contributed by atoms with Crippen molar-refractivity contribution in [1.82, 2.24) is 25.0 Å². The van der Waals surface area contributed by atoms with Gasteiger partial charge in [0, 0.05) is 6.20 Å². The normalized spacial score (nSPS) is 12.6. The fourth-order valence-electron chi connectivity index (χ4n) is 2.87. The predicted molar refractivity (Wildman–Crippen MR) is 86.2 cm³/mol. The smallest absolute Gasteiger partial charge is 0.154 e. The third kappa shape index (κ3) is 2.34. The minimum absolute atomic E-state index is 0.0931. The minimum atomic E-state index is -0.0931. The summed E-state index contributed by atoms with van der Waals surface area (Å²) in [5, 5.41) is 20.8. The Morgan fingerprint density at radius 2 is 1.91 bits per heavy atom. The maximum atomic E-state index is 10.2. The lowest BCUT2D eigenvalue weighted by Crippen LogP contribution is -2.10. The van der Waals surface area contributed by atoms with Gasteiger partial charge in [0.05, 0.1) is 18.1 Å². The number of aromatic nitrogens is 5. The largest absolute Gasteiger partial charge is 0.506 e. The molecule has 114 valence electrons. The van der Waals surface area contributed by atoms with Gasteiger partial charge >= 0.3 is 0 Å². The number of nitrogens with zero attached hydrogens (tertiary/aromatic N) is 4. The van der Waals surface area contributed by atoms with E-state index in [0.29, 0.717) is 11.0 Å². The molecule has 4 rings (SSSR count). The van der Waals surface area contributed by atoms with Gasteiger partial charge in [0.15, 0.2) is 5.52 Å². The Balaban J connectivity index is 1.93. The number of benzene rings is 2. The Morgan fingerprint density at radius 3 is 2.65 bits per heavy atom. The van der Waals surface area contributed by atoms with E-state index in [0.717, 1.165) is 16.8 Å². The second-order valence-electron chi connectivity index (χ2n) is 5.51. The van der Waals surface area contributed by atoms with Gasteiger partial charge in [-0.3, -0.25) is 0 Å². The molecule has 0 aliphatic heterocycles. The van der Waals surface area contributed by atoms with Crippen molar-refractivity contribution in [3.8, 4) is 5.75 Å². The number of rotatable bonds is 3. The zero-order valence-electron chi connectivity index (χ0n) is 12.5. The lowest BCUT2D eigenvalue weighted by molar-refractivity contribution is 0.478. The number of aromatic hydroxyl groups is 1. The zero-order valence-corrected chi connectivity index (χ0v) is 12.5. The van der Waals surface area contributed by atoms with Crippen molar-refractivity contribution in [3.05, 3.63) is 71.8 Å². The van der Waals surface area contributed by atoms with Gasteiger partial charge in [-0.05, 0) is 30.2 Å². The van der Waals surface area contributed by atoms with Crippen molar-refractivity contribution in [2.45, 2.75) is 13.0 Å². The van der Waals surface area contributed by atoms with E-state index in [1.165, 1.54) is 0 Å². The Hall–Kier alpha value is -3.15. The summed E-state index contributed by atoms with van der Waals surface area (Å²) in [6.45, 7) is 1.96. The van der Waals surface area contributed by atoms with Gasteiger partial charge in [0.2, 0.25) is 0 Å². The average Bonchev–Trinajstić information content (AvgIpc) is 3.18. The molecule has 2 aromatic carbocycles. The van der Waals surface area contributed by atoms with Crippen LogP contribution in [0.2, 0.25) is 0 Å². The van der Waals surface area contributed by atoms with Crippen LogP contribution in [0.15, 0.2) is 55.0 Å². The lowest BCUT2D eigenvalue weighted by Gasteiger charge is -2.20. The minimum Gasteiger partial charge on any atom is -0.506 e. The third-order valence-corrected chi connectivity index (χ3v) is 3.88. The van der Waals surface area contributed by atoms with Gasteiger partial charge in [-0.15, -0.1) is 0 Å². The van der Waals surface area contributed by atoms with E-state index in [9.17, 15) is 5.11 Å². The topological polar surface area (TPSA) is 79.6 Å². The van der Waals surface area contributed by atoms with Gasteiger partial charge in [-0.2, -0.15) is 15.4 Å². The Bertz CT molecular complexity index is 957. The molecular formula is C17H15N5O. The molecule has 0 saturated heterocycles. The quantitative estimate of drug-likeness (QED) is 0.610. The highest BCUT2D eigenvalue weighted by Crippen LogP contribution is 2.32. The van der Waals surface area contributed by atoms with E-state index in [2.05, 4.69) is 32.5 Å². The predicted octanol–water partition coefficient (Wildman–Crippen LogP) is 2.81. The molecule has 0 radical (unpaired) electrons. The lowest BCUT2D eigenvalue weighted by atomic mass is 9.97. The molecular weight excluding hydrogens is 290 g/mol. The first-order chi connectivity index (χ1) is 11.2. The monoisotopic (exact) mass is 305 g/mol. The molecule has 0 amide bonds. The SMILES string of the molecule is Cc1cn(C(c2ccccc2)c2cc(O)c3n[nH]nc3c2)cn1. The molecule has 23 heavy (non-hydrogen) atoms. The molecule has 6 heteroatoms. The van der Waals surface area contributed by atoms with Crippen LogP contribution in [0.25, 0.3) is 11.0 Å². The van der Waals surface area contributed by atoms with E-state index < -0.39 is 0 Å². The van der Waals surface area contributed by atoms with Crippen molar-refractivity contribution in [3.63, 3.8) is 0 Å². The Morgan fingerprint density at radius 1 is 1.09 bits per heavy atom. The van der Waals surface area contributed by atoms with Crippen LogP contribution in [0.3, 0.4) is 0 Å². The number of nitrogens with one attached hydrogen (secondary N) is 1. The van der Waals surface area contributed by atoms with Crippen molar-refractivity contribution < 1.29 is 5.11 Å². The highest BCUT2D eigenvalue weighted by molar-refractivity contribution is 5.81. The van der Waals surface area contributed by atoms with E-state index in [4.69, 9.17) is 0 Å². The summed E-state index contributed by atoms with van der Waals surface area (Å²) in [6.07, 6.45) is 3.79. The summed E-state index contributed by atoms with van der Waals surface area (Å²) < 4.78 is 2.03. The fraction of sp³-hybridized carbons (Fsp3) is 0.118. The molecule has 0 aliphatic rings. The fourth-order valence-corrected chi connectivity index (χ4v) is 2.87.